The van der Waals surface area contributed by atoms with Crippen molar-refractivity contribution in [2.45, 2.75) is 13.8 Å². The van der Waals surface area contributed by atoms with Gasteiger partial charge >= 0.3 is 5.97 Å². The minimum absolute atomic E-state index is 0.00426. The molecule has 0 unspecified atom stereocenters. The molecule has 1 aromatic rings. The van der Waals surface area contributed by atoms with Crippen LogP contribution in [0.1, 0.15) is 21.6 Å². The van der Waals surface area contributed by atoms with E-state index in [1.165, 1.54) is 18.5 Å². The summed E-state index contributed by atoms with van der Waals surface area (Å²) in [5.74, 6) is -1.11. The van der Waals surface area contributed by atoms with Gasteiger partial charge in [-0.2, -0.15) is 0 Å². The molecule has 0 aromatic carbocycles. The van der Waals surface area contributed by atoms with E-state index in [-0.39, 0.29) is 22.4 Å². The molecule has 0 fully saturated rings. The van der Waals surface area contributed by atoms with E-state index in [0.29, 0.717) is 5.69 Å². The van der Waals surface area contributed by atoms with Crippen LogP contribution in [0.2, 0.25) is 0 Å². The number of carboxylic acids is 1. The van der Waals surface area contributed by atoms with Crippen LogP contribution in [0.5, 0.6) is 0 Å². The predicted molar refractivity (Wildman–Crippen MR) is 52.5 cm³/mol. The first-order valence-electron chi connectivity index (χ1n) is 4.06. The number of nitrogens with two attached hydrogens (primary N) is 1. The summed E-state index contributed by atoms with van der Waals surface area (Å²) in [6.07, 6.45) is 0. The molecule has 5 nitrogen and oxygen atoms in total. The second-order valence-electron chi connectivity index (χ2n) is 3.17. The maximum Gasteiger partial charge on any atom is 0.339 e. The van der Waals surface area contributed by atoms with Crippen LogP contribution in [-0.2, 0) is 7.05 Å². The molecule has 0 radical (unpaired) electrons. The van der Waals surface area contributed by atoms with E-state index < -0.39 is 5.97 Å². The van der Waals surface area contributed by atoms with Crippen molar-refractivity contribution in [3.63, 3.8) is 0 Å². The van der Waals surface area contributed by atoms with Crippen molar-refractivity contribution in [2.75, 3.05) is 5.73 Å². The van der Waals surface area contributed by atoms with Crippen LogP contribution in [0.25, 0.3) is 0 Å². The number of nitrogens with zero attached hydrogens (tertiary/aromatic N) is 1. The summed E-state index contributed by atoms with van der Waals surface area (Å²) < 4.78 is 1.29. The van der Waals surface area contributed by atoms with E-state index in [1.807, 2.05) is 0 Å². The van der Waals surface area contributed by atoms with Crippen molar-refractivity contribution < 1.29 is 9.90 Å². The highest BCUT2D eigenvalue weighted by Crippen LogP contribution is 2.16. The van der Waals surface area contributed by atoms with Crippen molar-refractivity contribution in [1.29, 1.82) is 0 Å². The zero-order valence-corrected chi connectivity index (χ0v) is 8.29. The average Bonchev–Trinajstić information content (AvgIpc) is 2.11. The summed E-state index contributed by atoms with van der Waals surface area (Å²) in [6.45, 7) is 3.07. The molecule has 0 amide bonds. The van der Waals surface area contributed by atoms with Crippen molar-refractivity contribution in [3.8, 4) is 0 Å². The Morgan fingerprint density at radius 3 is 2.36 bits per heavy atom. The van der Waals surface area contributed by atoms with E-state index in [2.05, 4.69) is 0 Å². The van der Waals surface area contributed by atoms with Crippen LogP contribution in [0.15, 0.2) is 4.79 Å². The second kappa shape index (κ2) is 3.17. The molecule has 0 saturated heterocycles. The van der Waals surface area contributed by atoms with Gasteiger partial charge in [-0.1, -0.05) is 0 Å². The molecule has 5 heteroatoms. The summed E-state index contributed by atoms with van der Waals surface area (Å²) in [7, 11) is 1.52. The van der Waals surface area contributed by atoms with Crippen LogP contribution >= 0.6 is 0 Å². The van der Waals surface area contributed by atoms with Crippen molar-refractivity contribution in [2.24, 2.45) is 7.05 Å². The highest BCUT2D eigenvalue weighted by Gasteiger charge is 2.17. The van der Waals surface area contributed by atoms with Crippen LogP contribution in [-0.4, -0.2) is 15.6 Å². The third-order valence-corrected chi connectivity index (χ3v) is 2.38. The van der Waals surface area contributed by atoms with E-state index in [4.69, 9.17) is 10.8 Å². The maximum atomic E-state index is 11.5. The Morgan fingerprint density at radius 2 is 1.93 bits per heavy atom. The van der Waals surface area contributed by atoms with Gasteiger partial charge in [0.25, 0.3) is 5.56 Å². The quantitative estimate of drug-likeness (QED) is 0.675. The summed E-state index contributed by atoms with van der Waals surface area (Å²) >= 11 is 0. The first kappa shape index (κ1) is 10.3. The van der Waals surface area contributed by atoms with Gasteiger partial charge in [-0.15, -0.1) is 0 Å². The molecular formula is C9H12N2O3. The Hall–Kier alpha value is -1.78. The molecular weight excluding hydrogens is 184 g/mol. The molecule has 0 spiro atoms. The normalized spacial score (nSPS) is 10.2. The molecule has 0 aliphatic rings. The van der Waals surface area contributed by atoms with Gasteiger partial charge in [-0.05, 0) is 13.8 Å². The van der Waals surface area contributed by atoms with Crippen molar-refractivity contribution >= 4 is 11.7 Å². The zero-order chi connectivity index (χ0) is 11.0. The topological polar surface area (TPSA) is 85.3 Å². The Balaban J connectivity index is 3.78. The lowest BCUT2D eigenvalue weighted by molar-refractivity contribution is 0.0696. The Morgan fingerprint density at radius 1 is 1.43 bits per heavy atom. The smallest absolute Gasteiger partial charge is 0.339 e. The fourth-order valence-electron chi connectivity index (χ4n) is 1.34. The van der Waals surface area contributed by atoms with Crippen LogP contribution in [0.4, 0.5) is 5.69 Å². The van der Waals surface area contributed by atoms with Gasteiger partial charge in [0.05, 0.1) is 5.69 Å². The summed E-state index contributed by atoms with van der Waals surface area (Å²) in [5, 5.41) is 8.89. The largest absolute Gasteiger partial charge is 0.478 e. The first-order valence-corrected chi connectivity index (χ1v) is 4.06. The second-order valence-corrected chi connectivity index (χ2v) is 3.17. The highest BCUT2D eigenvalue weighted by molar-refractivity contribution is 5.95. The third kappa shape index (κ3) is 1.26. The molecule has 14 heavy (non-hydrogen) atoms. The fraction of sp³-hybridized carbons (Fsp3) is 0.333. The number of aromatic carboxylic acids is 1. The molecule has 3 N–H and O–H groups in total. The lowest BCUT2D eigenvalue weighted by Gasteiger charge is -2.11. The summed E-state index contributed by atoms with van der Waals surface area (Å²) in [5.41, 5.74) is 6.00. The average molecular weight is 196 g/mol. The molecule has 0 saturated carbocycles. The number of pyridine rings is 1. The molecule has 1 aromatic heterocycles. The number of anilines is 1. The molecule has 1 heterocycles. The molecule has 0 aliphatic carbocycles. The van der Waals surface area contributed by atoms with E-state index in [0.717, 1.165) is 0 Å². The number of carboxylic acid groups (broad SMARTS) is 1. The lowest BCUT2D eigenvalue weighted by atomic mass is 10.1. The number of hydrogen-bond donors (Lipinski definition) is 2. The highest BCUT2D eigenvalue weighted by atomic mass is 16.4. The van der Waals surface area contributed by atoms with Gasteiger partial charge in [0, 0.05) is 18.3 Å². The van der Waals surface area contributed by atoms with E-state index in [1.54, 1.807) is 6.92 Å². The minimum Gasteiger partial charge on any atom is -0.478 e. The zero-order valence-electron chi connectivity index (χ0n) is 8.29. The SMILES string of the molecule is Cc1c(N)c(C(=O)O)c(C)n(C)c1=O. The van der Waals surface area contributed by atoms with Crippen LogP contribution in [0, 0.1) is 13.8 Å². The Bertz CT molecular complexity index is 428. The van der Waals surface area contributed by atoms with Gasteiger partial charge in [-0.25, -0.2) is 4.79 Å². The van der Waals surface area contributed by atoms with Gasteiger partial charge in [0.15, 0.2) is 0 Å². The monoisotopic (exact) mass is 196 g/mol. The van der Waals surface area contributed by atoms with Gasteiger partial charge < -0.3 is 15.4 Å². The number of carbonyl (C=O) groups is 1. The van der Waals surface area contributed by atoms with Gasteiger partial charge in [0.2, 0.25) is 0 Å². The molecule has 1 rings (SSSR count). The van der Waals surface area contributed by atoms with E-state index in [9.17, 15) is 9.59 Å². The number of hydrogen-bond acceptors (Lipinski definition) is 3. The molecule has 76 valence electrons. The number of nitrogen functional groups attached to an aromatic ring is 1. The van der Waals surface area contributed by atoms with Crippen molar-refractivity contribution in [3.05, 3.63) is 27.2 Å². The fourth-order valence-corrected chi connectivity index (χ4v) is 1.34. The Kier molecular flexibility index (Phi) is 2.33. The predicted octanol–water partition coefficient (Wildman–Crippen LogP) is 0.283. The van der Waals surface area contributed by atoms with Gasteiger partial charge in [0.1, 0.15) is 5.56 Å². The van der Waals surface area contributed by atoms with Crippen molar-refractivity contribution in [1.82, 2.24) is 4.57 Å². The lowest BCUT2D eigenvalue weighted by Crippen LogP contribution is -2.26. The number of aromatic nitrogens is 1. The molecule has 0 bridgehead atoms. The first-order chi connectivity index (χ1) is 6.37. The summed E-state index contributed by atoms with van der Waals surface area (Å²) in [4.78, 5) is 22.3. The summed E-state index contributed by atoms with van der Waals surface area (Å²) in [6, 6.07) is 0. The maximum absolute atomic E-state index is 11.5. The number of rotatable bonds is 1. The Labute approximate surface area is 80.8 Å². The standard InChI is InChI=1S/C9H12N2O3/c1-4-7(10)6(9(13)14)5(2)11(3)8(4)12/h10H2,1-3H3,(H,13,14). The van der Waals surface area contributed by atoms with E-state index >= 15 is 0 Å². The van der Waals surface area contributed by atoms with Gasteiger partial charge in [-0.3, -0.25) is 4.79 Å². The van der Waals surface area contributed by atoms with Crippen LogP contribution in [0.3, 0.4) is 0 Å². The molecule has 0 aliphatic heterocycles. The van der Waals surface area contributed by atoms with Crippen LogP contribution < -0.4 is 11.3 Å². The third-order valence-electron chi connectivity index (χ3n) is 2.38. The molecule has 0 atom stereocenters. The minimum atomic E-state index is -1.11.